The quantitative estimate of drug-likeness (QED) is 0.459. The lowest BCUT2D eigenvalue weighted by Gasteiger charge is -2.25. The molecular formula is C11H26ClNSi. The van der Waals surface area contributed by atoms with E-state index >= 15 is 0 Å². The molecule has 0 rings (SSSR count). The Morgan fingerprint density at radius 3 is 2.14 bits per heavy atom. The minimum absolute atomic E-state index is 0.757. The molecule has 0 aliphatic rings. The minimum Gasteiger partial charge on any atom is -0.305 e. The van der Waals surface area contributed by atoms with Gasteiger partial charge < -0.3 is 4.90 Å². The number of hydrogen-bond acceptors (Lipinski definition) is 1. The fraction of sp³-hybridized carbons (Fsp3) is 1.00. The van der Waals surface area contributed by atoms with Crippen molar-refractivity contribution in [3.63, 3.8) is 0 Å². The van der Waals surface area contributed by atoms with Crippen molar-refractivity contribution in [1.29, 1.82) is 0 Å². The molecule has 0 bridgehead atoms. The van der Waals surface area contributed by atoms with Crippen LogP contribution < -0.4 is 0 Å². The first-order valence-corrected chi connectivity index (χ1v) is 9.48. The van der Waals surface area contributed by atoms with Gasteiger partial charge in [-0.3, -0.25) is 0 Å². The normalized spacial score (nSPS) is 12.4. The summed E-state index contributed by atoms with van der Waals surface area (Å²) in [6.07, 6.45) is 1.36. The molecular weight excluding hydrogens is 210 g/mol. The maximum absolute atomic E-state index is 5.69. The molecule has 0 saturated heterocycles. The number of hydrogen-bond donors (Lipinski definition) is 0. The van der Waals surface area contributed by atoms with E-state index < -0.39 is 8.07 Å². The molecule has 0 N–H and O–H groups in total. The molecule has 0 amide bonds. The maximum atomic E-state index is 5.69. The van der Waals surface area contributed by atoms with Crippen LogP contribution in [-0.4, -0.2) is 39.0 Å². The molecule has 3 heteroatoms. The van der Waals surface area contributed by atoms with Crippen molar-refractivity contribution in [2.24, 2.45) is 0 Å². The van der Waals surface area contributed by atoms with Gasteiger partial charge in [0.15, 0.2) is 0 Å². The third kappa shape index (κ3) is 6.05. The SMILES string of the molecule is CC[Si](C)(CC)CCCN(C)CCCl. The van der Waals surface area contributed by atoms with Crippen molar-refractivity contribution < 1.29 is 0 Å². The molecule has 0 saturated carbocycles. The summed E-state index contributed by atoms with van der Waals surface area (Å²) in [5.74, 6) is 0.757. The van der Waals surface area contributed by atoms with Gasteiger partial charge in [-0.25, -0.2) is 0 Å². The second-order valence-electron chi connectivity index (χ2n) is 4.61. The molecule has 0 aromatic rings. The van der Waals surface area contributed by atoms with Crippen LogP contribution in [0.15, 0.2) is 0 Å². The molecule has 0 aromatic heterocycles. The van der Waals surface area contributed by atoms with Crippen molar-refractivity contribution in [1.82, 2.24) is 4.90 Å². The van der Waals surface area contributed by atoms with E-state index in [2.05, 4.69) is 32.3 Å². The van der Waals surface area contributed by atoms with Crippen LogP contribution in [0.1, 0.15) is 20.3 Å². The van der Waals surface area contributed by atoms with Crippen LogP contribution in [0.4, 0.5) is 0 Å². The van der Waals surface area contributed by atoms with Crippen LogP contribution in [0.25, 0.3) is 0 Å². The summed E-state index contributed by atoms with van der Waals surface area (Å²) in [5.41, 5.74) is 0. The topological polar surface area (TPSA) is 3.24 Å². The van der Waals surface area contributed by atoms with Gasteiger partial charge in [0, 0.05) is 20.5 Å². The summed E-state index contributed by atoms with van der Waals surface area (Å²) in [5, 5.41) is 0. The van der Waals surface area contributed by atoms with Crippen molar-refractivity contribution in [3.8, 4) is 0 Å². The van der Waals surface area contributed by atoms with Crippen LogP contribution in [0.5, 0.6) is 0 Å². The third-order valence-corrected chi connectivity index (χ3v) is 8.64. The first-order chi connectivity index (χ1) is 6.58. The van der Waals surface area contributed by atoms with Gasteiger partial charge in [0.25, 0.3) is 0 Å². The zero-order valence-corrected chi connectivity index (χ0v) is 12.0. The lowest BCUT2D eigenvalue weighted by atomic mass is 10.4. The minimum atomic E-state index is -0.847. The lowest BCUT2D eigenvalue weighted by Crippen LogP contribution is -2.30. The Kier molecular flexibility index (Phi) is 7.98. The Bertz CT molecular complexity index is 137. The fourth-order valence-electron chi connectivity index (χ4n) is 1.64. The highest BCUT2D eigenvalue weighted by atomic mass is 35.5. The second kappa shape index (κ2) is 7.72. The standard InChI is InChI=1S/C11H26ClNSi/c1-5-14(4,6-2)11-7-9-13(3)10-8-12/h5-11H2,1-4H3. The molecule has 0 aromatic carbocycles. The highest BCUT2D eigenvalue weighted by Crippen LogP contribution is 2.21. The summed E-state index contributed by atoms with van der Waals surface area (Å²) in [6.45, 7) is 9.50. The van der Waals surface area contributed by atoms with Gasteiger partial charge in [-0.15, -0.1) is 11.6 Å². The highest BCUT2D eigenvalue weighted by Gasteiger charge is 2.21. The summed E-state index contributed by atoms with van der Waals surface area (Å²) in [6, 6.07) is 4.35. The van der Waals surface area contributed by atoms with Gasteiger partial charge in [-0.2, -0.15) is 0 Å². The largest absolute Gasteiger partial charge is 0.305 e. The van der Waals surface area contributed by atoms with Gasteiger partial charge in [0.2, 0.25) is 0 Å². The van der Waals surface area contributed by atoms with Gasteiger partial charge in [-0.1, -0.05) is 38.5 Å². The van der Waals surface area contributed by atoms with E-state index in [1.807, 2.05) is 0 Å². The molecule has 0 fully saturated rings. The molecule has 14 heavy (non-hydrogen) atoms. The first kappa shape index (κ1) is 14.5. The molecule has 0 unspecified atom stereocenters. The van der Waals surface area contributed by atoms with Crippen LogP contribution in [0, 0.1) is 0 Å². The van der Waals surface area contributed by atoms with Gasteiger partial charge >= 0.3 is 0 Å². The second-order valence-corrected chi connectivity index (χ2v) is 10.5. The molecule has 0 spiro atoms. The van der Waals surface area contributed by atoms with Crippen molar-refractivity contribution in [3.05, 3.63) is 0 Å². The van der Waals surface area contributed by atoms with Crippen LogP contribution >= 0.6 is 11.6 Å². The van der Waals surface area contributed by atoms with E-state index in [0.717, 1.165) is 12.4 Å². The van der Waals surface area contributed by atoms with E-state index in [-0.39, 0.29) is 0 Å². The number of rotatable bonds is 8. The highest BCUT2D eigenvalue weighted by molar-refractivity contribution is 6.78. The van der Waals surface area contributed by atoms with Gasteiger partial charge in [0.1, 0.15) is 0 Å². The molecule has 1 nitrogen and oxygen atoms in total. The van der Waals surface area contributed by atoms with E-state index in [9.17, 15) is 0 Å². The zero-order valence-electron chi connectivity index (χ0n) is 10.3. The van der Waals surface area contributed by atoms with Crippen LogP contribution in [-0.2, 0) is 0 Å². The predicted octanol–water partition coefficient (Wildman–Crippen LogP) is 3.67. The lowest BCUT2D eigenvalue weighted by molar-refractivity contribution is 0.355. The van der Waals surface area contributed by atoms with E-state index in [0.29, 0.717) is 0 Å². The van der Waals surface area contributed by atoms with Gasteiger partial charge in [0.05, 0.1) is 0 Å². The Labute approximate surface area is 95.8 Å². The zero-order chi connectivity index (χ0) is 11.0. The Hall–Kier alpha value is 0.467. The van der Waals surface area contributed by atoms with E-state index in [1.54, 1.807) is 0 Å². The molecule has 0 aliphatic heterocycles. The molecule has 0 aliphatic carbocycles. The first-order valence-electron chi connectivity index (χ1n) is 5.82. The molecule has 0 atom stereocenters. The van der Waals surface area contributed by atoms with Crippen LogP contribution in [0.3, 0.4) is 0 Å². The maximum Gasteiger partial charge on any atom is 0.0499 e. The van der Waals surface area contributed by atoms with E-state index in [1.165, 1.54) is 31.1 Å². The Morgan fingerprint density at radius 2 is 1.71 bits per heavy atom. The number of alkyl halides is 1. The molecule has 0 radical (unpaired) electrons. The van der Waals surface area contributed by atoms with Crippen molar-refractivity contribution >= 4 is 19.7 Å². The average molecular weight is 236 g/mol. The van der Waals surface area contributed by atoms with Gasteiger partial charge in [-0.05, 0) is 20.0 Å². The summed E-state index contributed by atoms with van der Waals surface area (Å²) >= 11 is 5.69. The van der Waals surface area contributed by atoms with Crippen LogP contribution in [0.2, 0.25) is 24.7 Å². The van der Waals surface area contributed by atoms with Crippen molar-refractivity contribution in [2.75, 3.05) is 26.0 Å². The summed E-state index contributed by atoms with van der Waals surface area (Å²) in [7, 11) is 1.32. The third-order valence-electron chi connectivity index (χ3n) is 3.49. The number of nitrogens with zero attached hydrogens (tertiary/aromatic N) is 1. The summed E-state index contributed by atoms with van der Waals surface area (Å²) < 4.78 is 0. The van der Waals surface area contributed by atoms with E-state index in [4.69, 9.17) is 11.6 Å². The smallest absolute Gasteiger partial charge is 0.0499 e. The Balaban J connectivity index is 3.61. The molecule has 0 heterocycles. The fourth-order valence-corrected chi connectivity index (χ4v) is 4.14. The number of halogens is 1. The van der Waals surface area contributed by atoms with Crippen molar-refractivity contribution in [2.45, 2.75) is 44.9 Å². The monoisotopic (exact) mass is 235 g/mol. The predicted molar refractivity (Wildman–Crippen MR) is 70.2 cm³/mol. The average Bonchev–Trinajstić information content (AvgIpc) is 2.18. The Morgan fingerprint density at radius 1 is 1.14 bits per heavy atom. The molecule has 86 valence electrons. The summed E-state index contributed by atoms with van der Waals surface area (Å²) in [4.78, 5) is 2.34.